The van der Waals surface area contributed by atoms with E-state index in [1.807, 2.05) is 0 Å². The van der Waals surface area contributed by atoms with Crippen LogP contribution in [0.2, 0.25) is 0 Å². The third-order valence-corrected chi connectivity index (χ3v) is 11.3. The Bertz CT molecular complexity index is 1310. The number of carbonyl (C=O) groups is 2. The third kappa shape index (κ3) is 53.2. The van der Waals surface area contributed by atoms with Gasteiger partial charge in [-0.1, -0.05) is 214 Å². The lowest BCUT2D eigenvalue weighted by molar-refractivity contribution is -0.163. The summed E-state index contributed by atoms with van der Waals surface area (Å²) in [6, 6.07) is 0. The van der Waals surface area contributed by atoms with Gasteiger partial charge in [-0.3, -0.25) is 9.59 Å². The summed E-state index contributed by atoms with van der Waals surface area (Å²) in [7, 11) is 0. The fourth-order valence-electron chi connectivity index (χ4n) is 7.25. The van der Waals surface area contributed by atoms with E-state index >= 15 is 0 Å². The van der Waals surface area contributed by atoms with Crippen LogP contribution in [0.3, 0.4) is 0 Å². The van der Waals surface area contributed by atoms with Crippen molar-refractivity contribution in [1.82, 2.24) is 0 Å². The van der Waals surface area contributed by atoms with Gasteiger partial charge in [0.25, 0.3) is 0 Å². The molecule has 5 heteroatoms. The maximum absolute atomic E-state index is 12.8. The standard InChI is InChI=1S/C61H102O5/c1-4-7-10-13-16-19-22-25-27-29-31-32-34-37-39-42-45-48-51-54-60(62)65-58-59(66-61(63)55-52-49-46-43-40-36-24-21-18-15-12-9-6-3)57-64-56-53-50-47-44-41-38-35-33-30-28-26-23-20-17-14-11-8-5-2/h7,9-10,12,16-21,25-28,31-32,36,40,59H,4-6,8,11,13-15,22-24,29-30,33-35,37-39,41-58H2,1-3H3/b10-7-,12-9-,19-16-,20-17-,21-18-,27-25-,28-26-,32-31-,40-36-. The Morgan fingerprint density at radius 2 is 0.682 bits per heavy atom. The molecule has 0 saturated carbocycles. The molecule has 66 heavy (non-hydrogen) atoms. The van der Waals surface area contributed by atoms with Gasteiger partial charge in [0.2, 0.25) is 0 Å². The van der Waals surface area contributed by atoms with Crippen molar-refractivity contribution in [3.8, 4) is 0 Å². The SMILES string of the molecule is CC/C=C\C/C=C\C/C=C\C/C=C\CCCCCCCCC(=O)OCC(COCCCCCCCCCC/C=C\C/C=C\CCCCC)OC(=O)CCCCC/C=C\C/C=C\C/C=C\CC. The van der Waals surface area contributed by atoms with Gasteiger partial charge < -0.3 is 14.2 Å². The van der Waals surface area contributed by atoms with Gasteiger partial charge in [0.1, 0.15) is 6.61 Å². The lowest BCUT2D eigenvalue weighted by atomic mass is 10.1. The number of rotatable bonds is 49. The van der Waals surface area contributed by atoms with Gasteiger partial charge in [0, 0.05) is 19.4 Å². The molecule has 5 nitrogen and oxygen atoms in total. The molecule has 0 aromatic heterocycles. The summed E-state index contributed by atoms with van der Waals surface area (Å²) >= 11 is 0. The zero-order chi connectivity index (χ0) is 47.7. The number of esters is 2. The van der Waals surface area contributed by atoms with Crippen LogP contribution in [-0.2, 0) is 23.8 Å². The summed E-state index contributed by atoms with van der Waals surface area (Å²) in [5, 5.41) is 0. The molecule has 0 N–H and O–H groups in total. The third-order valence-electron chi connectivity index (χ3n) is 11.3. The number of allylic oxidation sites excluding steroid dienone is 18. The molecular weight excluding hydrogens is 813 g/mol. The molecule has 0 aromatic carbocycles. The van der Waals surface area contributed by atoms with E-state index in [-0.39, 0.29) is 25.2 Å². The maximum Gasteiger partial charge on any atom is 0.306 e. The molecule has 0 aliphatic carbocycles. The first-order valence-electron chi connectivity index (χ1n) is 27.4. The molecule has 0 aromatic rings. The summed E-state index contributed by atoms with van der Waals surface area (Å²) < 4.78 is 17.4. The summed E-state index contributed by atoms with van der Waals surface area (Å²) in [5.41, 5.74) is 0. The monoisotopic (exact) mass is 915 g/mol. The van der Waals surface area contributed by atoms with Crippen molar-refractivity contribution < 1.29 is 23.8 Å². The molecular formula is C61H102O5. The number of ether oxygens (including phenoxy) is 3. The van der Waals surface area contributed by atoms with Gasteiger partial charge in [-0.2, -0.15) is 0 Å². The second-order valence-electron chi connectivity index (χ2n) is 17.7. The average molecular weight is 915 g/mol. The highest BCUT2D eigenvalue weighted by molar-refractivity contribution is 5.70. The predicted octanol–water partition coefficient (Wildman–Crippen LogP) is 18.8. The molecule has 1 atom stereocenters. The summed E-state index contributed by atoms with van der Waals surface area (Å²) in [6.45, 7) is 7.52. The van der Waals surface area contributed by atoms with Crippen LogP contribution in [0.25, 0.3) is 0 Å². The maximum atomic E-state index is 12.8. The van der Waals surface area contributed by atoms with Crippen LogP contribution in [0.5, 0.6) is 0 Å². The number of carbonyl (C=O) groups excluding carboxylic acids is 2. The second kappa shape index (κ2) is 55.9. The summed E-state index contributed by atoms with van der Waals surface area (Å²) in [4.78, 5) is 25.5. The first kappa shape index (κ1) is 62.6. The van der Waals surface area contributed by atoms with Crippen molar-refractivity contribution in [2.24, 2.45) is 0 Å². The summed E-state index contributed by atoms with van der Waals surface area (Å²) in [6.07, 6.45) is 76.7. The molecule has 0 amide bonds. The van der Waals surface area contributed by atoms with Crippen LogP contribution in [0, 0.1) is 0 Å². The molecule has 0 rings (SSSR count). The molecule has 376 valence electrons. The smallest absolute Gasteiger partial charge is 0.306 e. The van der Waals surface area contributed by atoms with E-state index in [9.17, 15) is 9.59 Å². The van der Waals surface area contributed by atoms with Crippen LogP contribution < -0.4 is 0 Å². The molecule has 0 bridgehead atoms. The van der Waals surface area contributed by atoms with Crippen LogP contribution in [-0.4, -0.2) is 37.9 Å². The van der Waals surface area contributed by atoms with Crippen molar-refractivity contribution in [3.63, 3.8) is 0 Å². The summed E-state index contributed by atoms with van der Waals surface area (Å²) in [5.74, 6) is -0.453. The molecule has 0 radical (unpaired) electrons. The molecule has 0 heterocycles. The van der Waals surface area contributed by atoms with Gasteiger partial charge >= 0.3 is 11.9 Å². The first-order valence-corrected chi connectivity index (χ1v) is 27.4. The van der Waals surface area contributed by atoms with Crippen molar-refractivity contribution in [1.29, 1.82) is 0 Å². The van der Waals surface area contributed by atoms with Gasteiger partial charge in [-0.15, -0.1) is 0 Å². The Hall–Kier alpha value is -3.44. The first-order chi connectivity index (χ1) is 32.6. The van der Waals surface area contributed by atoms with E-state index in [0.717, 1.165) is 116 Å². The minimum Gasteiger partial charge on any atom is -0.462 e. The normalized spacial score (nSPS) is 13.1. The Labute approximate surface area is 408 Å². The van der Waals surface area contributed by atoms with E-state index in [1.54, 1.807) is 0 Å². The van der Waals surface area contributed by atoms with Crippen molar-refractivity contribution in [3.05, 3.63) is 109 Å². The van der Waals surface area contributed by atoms with Gasteiger partial charge in [-0.25, -0.2) is 0 Å². The average Bonchev–Trinajstić information content (AvgIpc) is 3.32. The van der Waals surface area contributed by atoms with E-state index in [0.29, 0.717) is 19.4 Å². The Morgan fingerprint density at radius 1 is 0.348 bits per heavy atom. The fraction of sp³-hybridized carbons (Fsp3) is 0.672. The highest BCUT2D eigenvalue weighted by atomic mass is 16.6. The highest BCUT2D eigenvalue weighted by Crippen LogP contribution is 2.13. The molecule has 0 aliphatic heterocycles. The van der Waals surface area contributed by atoms with Crippen LogP contribution in [0.15, 0.2) is 109 Å². The minimum absolute atomic E-state index is 0.0575. The van der Waals surface area contributed by atoms with Gasteiger partial charge in [0.05, 0.1) is 6.61 Å². The van der Waals surface area contributed by atoms with Gasteiger partial charge in [0.15, 0.2) is 6.10 Å². The largest absolute Gasteiger partial charge is 0.462 e. The predicted molar refractivity (Wildman–Crippen MR) is 288 cm³/mol. The molecule has 1 unspecified atom stereocenters. The van der Waals surface area contributed by atoms with E-state index in [1.165, 1.54) is 89.9 Å². The van der Waals surface area contributed by atoms with Crippen molar-refractivity contribution in [2.75, 3.05) is 19.8 Å². The van der Waals surface area contributed by atoms with Gasteiger partial charge in [-0.05, 0) is 122 Å². The Morgan fingerprint density at radius 3 is 1.11 bits per heavy atom. The van der Waals surface area contributed by atoms with Crippen LogP contribution in [0.1, 0.15) is 239 Å². The van der Waals surface area contributed by atoms with Crippen LogP contribution >= 0.6 is 0 Å². The quantitative estimate of drug-likeness (QED) is 0.0346. The number of hydrogen-bond acceptors (Lipinski definition) is 5. The van der Waals surface area contributed by atoms with E-state index in [2.05, 4.69) is 130 Å². The number of unbranched alkanes of at least 4 members (excludes halogenated alkanes) is 20. The second-order valence-corrected chi connectivity index (χ2v) is 17.7. The fourth-order valence-corrected chi connectivity index (χ4v) is 7.25. The Kier molecular flexibility index (Phi) is 53.0. The molecule has 0 fully saturated rings. The zero-order valence-electron chi connectivity index (χ0n) is 43.2. The number of hydrogen-bond donors (Lipinski definition) is 0. The Balaban J connectivity index is 4.34. The lowest BCUT2D eigenvalue weighted by Crippen LogP contribution is -2.30. The lowest BCUT2D eigenvalue weighted by Gasteiger charge is -2.18. The van der Waals surface area contributed by atoms with Crippen molar-refractivity contribution in [2.45, 2.75) is 245 Å². The highest BCUT2D eigenvalue weighted by Gasteiger charge is 2.17. The minimum atomic E-state index is -0.568. The topological polar surface area (TPSA) is 61.8 Å². The van der Waals surface area contributed by atoms with E-state index in [4.69, 9.17) is 14.2 Å². The van der Waals surface area contributed by atoms with Crippen LogP contribution in [0.4, 0.5) is 0 Å². The van der Waals surface area contributed by atoms with Crippen molar-refractivity contribution >= 4 is 11.9 Å². The molecule has 0 saturated heterocycles. The molecule has 0 spiro atoms. The molecule has 0 aliphatic rings. The van der Waals surface area contributed by atoms with E-state index < -0.39 is 6.10 Å². The zero-order valence-corrected chi connectivity index (χ0v) is 43.2.